The van der Waals surface area contributed by atoms with Gasteiger partial charge in [0.15, 0.2) is 0 Å². The summed E-state index contributed by atoms with van der Waals surface area (Å²) in [5, 5.41) is 0. The van der Waals surface area contributed by atoms with Gasteiger partial charge in [0.1, 0.15) is 5.75 Å². The Morgan fingerprint density at radius 2 is 2.10 bits per heavy atom. The number of ether oxygens (including phenoxy) is 1. The van der Waals surface area contributed by atoms with E-state index in [1.807, 2.05) is 17.0 Å². The maximum atomic E-state index is 12.6. The predicted octanol–water partition coefficient (Wildman–Crippen LogP) is 3.66. The Bertz CT molecular complexity index is 502. The molecule has 1 aliphatic rings. The number of benzene rings is 1. The lowest BCUT2D eigenvalue weighted by Gasteiger charge is -2.35. The molecule has 3 heteroatoms. The average Bonchev–Trinajstić information content (AvgIpc) is 2.35. The van der Waals surface area contributed by atoms with Crippen LogP contribution in [0.5, 0.6) is 5.75 Å². The Labute approximate surface area is 121 Å². The van der Waals surface area contributed by atoms with Gasteiger partial charge in [0.25, 0.3) is 0 Å². The van der Waals surface area contributed by atoms with Gasteiger partial charge in [-0.1, -0.05) is 33.8 Å². The van der Waals surface area contributed by atoms with E-state index < -0.39 is 0 Å². The average molecular weight is 275 g/mol. The van der Waals surface area contributed by atoms with Crippen LogP contribution in [0.2, 0.25) is 0 Å². The van der Waals surface area contributed by atoms with Crippen molar-refractivity contribution in [1.29, 1.82) is 0 Å². The number of hydrogen-bond donors (Lipinski definition) is 0. The molecule has 20 heavy (non-hydrogen) atoms. The number of fused-ring (bicyclic) bond motifs is 1. The Hall–Kier alpha value is -1.51. The molecule has 1 aliphatic heterocycles. The SMILES string of the molecule is COc1ccc2c(c1)N(C(=O)CC(C)(C)C)CC(C)C2. The zero-order valence-electron chi connectivity index (χ0n) is 13.2. The standard InChI is InChI=1S/C17H25NO2/c1-12-8-13-6-7-14(20-5)9-15(13)18(11-12)16(19)10-17(2,3)4/h6-7,9,12H,8,10-11H2,1-5H3. The van der Waals surface area contributed by atoms with Crippen LogP contribution in [0, 0.1) is 11.3 Å². The van der Waals surface area contributed by atoms with Crippen LogP contribution in [0.4, 0.5) is 5.69 Å². The molecule has 1 atom stereocenters. The highest BCUT2D eigenvalue weighted by Gasteiger charge is 2.29. The molecule has 3 nitrogen and oxygen atoms in total. The first-order valence-corrected chi connectivity index (χ1v) is 7.27. The Morgan fingerprint density at radius 3 is 2.70 bits per heavy atom. The van der Waals surface area contributed by atoms with Crippen LogP contribution in [0.15, 0.2) is 18.2 Å². The minimum atomic E-state index is 0.0107. The second-order valence-electron chi connectivity index (χ2n) is 7.05. The van der Waals surface area contributed by atoms with Crippen molar-refractivity contribution in [3.63, 3.8) is 0 Å². The second-order valence-corrected chi connectivity index (χ2v) is 7.05. The lowest BCUT2D eigenvalue weighted by atomic mass is 9.89. The number of amides is 1. The molecule has 0 bridgehead atoms. The summed E-state index contributed by atoms with van der Waals surface area (Å²) in [6.45, 7) is 9.31. The molecule has 1 aromatic carbocycles. The first-order chi connectivity index (χ1) is 9.30. The molecule has 1 aromatic rings. The fourth-order valence-corrected chi connectivity index (χ4v) is 2.73. The fraction of sp³-hybridized carbons (Fsp3) is 0.588. The van der Waals surface area contributed by atoms with Gasteiger partial charge in [-0.3, -0.25) is 4.79 Å². The van der Waals surface area contributed by atoms with Gasteiger partial charge in [-0.05, 0) is 29.4 Å². The normalized spacial score (nSPS) is 18.6. The van der Waals surface area contributed by atoms with Gasteiger partial charge in [-0.2, -0.15) is 0 Å². The lowest BCUT2D eigenvalue weighted by molar-refractivity contribution is -0.120. The second kappa shape index (κ2) is 5.47. The number of hydrogen-bond acceptors (Lipinski definition) is 2. The highest BCUT2D eigenvalue weighted by molar-refractivity contribution is 5.95. The van der Waals surface area contributed by atoms with Crippen molar-refractivity contribution < 1.29 is 9.53 Å². The summed E-state index contributed by atoms with van der Waals surface area (Å²) in [6.07, 6.45) is 1.59. The van der Waals surface area contributed by atoms with Gasteiger partial charge in [0.2, 0.25) is 5.91 Å². The monoisotopic (exact) mass is 275 g/mol. The van der Waals surface area contributed by atoms with E-state index in [0.29, 0.717) is 12.3 Å². The van der Waals surface area contributed by atoms with Crippen LogP contribution in [-0.4, -0.2) is 19.6 Å². The molecule has 0 fully saturated rings. The summed E-state index contributed by atoms with van der Waals surface area (Å²) in [5.74, 6) is 1.52. The number of rotatable bonds is 2. The molecule has 1 unspecified atom stereocenters. The third-order valence-corrected chi connectivity index (χ3v) is 3.63. The van der Waals surface area contributed by atoms with Crippen LogP contribution in [-0.2, 0) is 11.2 Å². The van der Waals surface area contributed by atoms with Crippen molar-refractivity contribution in [3.05, 3.63) is 23.8 Å². The van der Waals surface area contributed by atoms with Crippen molar-refractivity contribution in [2.24, 2.45) is 11.3 Å². The van der Waals surface area contributed by atoms with Gasteiger partial charge >= 0.3 is 0 Å². The van der Waals surface area contributed by atoms with Gasteiger partial charge in [0.05, 0.1) is 12.8 Å². The molecule has 1 heterocycles. The van der Waals surface area contributed by atoms with E-state index in [1.165, 1.54) is 5.56 Å². The van der Waals surface area contributed by atoms with Gasteiger partial charge in [0, 0.05) is 19.0 Å². The minimum absolute atomic E-state index is 0.0107. The van der Waals surface area contributed by atoms with E-state index in [1.54, 1.807) is 7.11 Å². The van der Waals surface area contributed by atoms with Gasteiger partial charge in [-0.25, -0.2) is 0 Å². The minimum Gasteiger partial charge on any atom is -0.497 e. The fourth-order valence-electron chi connectivity index (χ4n) is 2.73. The Balaban J connectivity index is 2.33. The summed E-state index contributed by atoms with van der Waals surface area (Å²) >= 11 is 0. The highest BCUT2D eigenvalue weighted by Crippen LogP contribution is 2.34. The Morgan fingerprint density at radius 1 is 1.40 bits per heavy atom. The third kappa shape index (κ3) is 3.33. The summed E-state index contributed by atoms with van der Waals surface area (Å²) in [5.41, 5.74) is 2.28. The molecular formula is C17H25NO2. The predicted molar refractivity (Wildman–Crippen MR) is 82.3 cm³/mol. The van der Waals surface area contributed by atoms with Crippen LogP contribution in [0.3, 0.4) is 0 Å². The smallest absolute Gasteiger partial charge is 0.227 e. The van der Waals surface area contributed by atoms with Crippen LogP contribution < -0.4 is 9.64 Å². The molecule has 0 N–H and O–H groups in total. The zero-order valence-corrected chi connectivity index (χ0v) is 13.2. The van der Waals surface area contributed by atoms with Crippen molar-refractivity contribution in [1.82, 2.24) is 0 Å². The van der Waals surface area contributed by atoms with Crippen molar-refractivity contribution in [2.45, 2.75) is 40.5 Å². The molecule has 0 aliphatic carbocycles. The Kier molecular flexibility index (Phi) is 4.07. The number of carbonyl (C=O) groups is 1. The van der Waals surface area contributed by atoms with Crippen molar-refractivity contribution >= 4 is 11.6 Å². The summed E-state index contributed by atoms with van der Waals surface area (Å²) in [7, 11) is 1.66. The molecule has 0 aromatic heterocycles. The number of methoxy groups -OCH3 is 1. The maximum Gasteiger partial charge on any atom is 0.227 e. The summed E-state index contributed by atoms with van der Waals surface area (Å²) < 4.78 is 5.30. The third-order valence-electron chi connectivity index (χ3n) is 3.63. The number of anilines is 1. The highest BCUT2D eigenvalue weighted by atomic mass is 16.5. The quantitative estimate of drug-likeness (QED) is 0.824. The number of nitrogens with zero attached hydrogens (tertiary/aromatic N) is 1. The zero-order chi connectivity index (χ0) is 14.9. The van der Waals surface area contributed by atoms with Crippen LogP contribution >= 0.6 is 0 Å². The van der Waals surface area contributed by atoms with E-state index in [9.17, 15) is 4.79 Å². The molecule has 0 saturated carbocycles. The van der Waals surface area contributed by atoms with E-state index >= 15 is 0 Å². The molecule has 1 amide bonds. The van der Waals surface area contributed by atoms with E-state index in [-0.39, 0.29) is 11.3 Å². The molecular weight excluding hydrogens is 250 g/mol. The van der Waals surface area contributed by atoms with Gasteiger partial charge < -0.3 is 9.64 Å². The summed E-state index contributed by atoms with van der Waals surface area (Å²) in [4.78, 5) is 14.5. The largest absolute Gasteiger partial charge is 0.497 e. The molecule has 2 rings (SSSR count). The maximum absolute atomic E-state index is 12.6. The lowest BCUT2D eigenvalue weighted by Crippen LogP contribution is -2.40. The molecule has 0 spiro atoms. The topological polar surface area (TPSA) is 29.5 Å². The van der Waals surface area contributed by atoms with Crippen molar-refractivity contribution in [3.8, 4) is 5.75 Å². The molecule has 110 valence electrons. The molecule has 0 radical (unpaired) electrons. The van der Waals surface area contributed by atoms with Crippen LogP contribution in [0.1, 0.15) is 39.7 Å². The van der Waals surface area contributed by atoms with E-state index in [0.717, 1.165) is 24.4 Å². The first kappa shape index (κ1) is 14.9. The molecule has 0 saturated heterocycles. The van der Waals surface area contributed by atoms with Gasteiger partial charge in [-0.15, -0.1) is 0 Å². The number of carbonyl (C=O) groups excluding carboxylic acids is 1. The van der Waals surface area contributed by atoms with Crippen molar-refractivity contribution in [2.75, 3.05) is 18.6 Å². The van der Waals surface area contributed by atoms with E-state index in [2.05, 4.69) is 33.8 Å². The van der Waals surface area contributed by atoms with Crippen LogP contribution in [0.25, 0.3) is 0 Å². The van der Waals surface area contributed by atoms with E-state index in [4.69, 9.17) is 4.74 Å². The first-order valence-electron chi connectivity index (χ1n) is 7.27. The summed E-state index contributed by atoms with van der Waals surface area (Å²) in [6, 6.07) is 6.05.